The fourth-order valence-electron chi connectivity index (χ4n) is 1.89. The third kappa shape index (κ3) is 4.65. The zero-order valence-electron chi connectivity index (χ0n) is 11.3. The molecule has 0 unspecified atom stereocenters. The molecule has 1 aromatic heterocycles. The summed E-state index contributed by atoms with van der Waals surface area (Å²) in [6.45, 7) is 2.27. The Morgan fingerprint density at radius 1 is 1.45 bits per heavy atom. The van der Waals surface area contributed by atoms with Gasteiger partial charge >= 0.3 is 5.97 Å². The molecule has 0 bridgehead atoms. The number of nitrogens with zero attached hydrogens (tertiary/aromatic N) is 2. The molecule has 1 aliphatic rings. The molecule has 0 spiro atoms. The first kappa shape index (κ1) is 14.5. The second-order valence-corrected chi connectivity index (χ2v) is 5.03. The maximum Gasteiger partial charge on any atom is 0.323 e. The fourth-order valence-corrected chi connectivity index (χ4v) is 1.89. The largest absolute Gasteiger partial charge is 0.480 e. The molecule has 0 atom stereocenters. The van der Waals surface area contributed by atoms with Crippen LogP contribution in [0.2, 0.25) is 0 Å². The van der Waals surface area contributed by atoms with E-state index < -0.39 is 11.5 Å². The summed E-state index contributed by atoms with van der Waals surface area (Å²) in [7, 11) is 0. The summed E-state index contributed by atoms with van der Waals surface area (Å²) in [6, 6.07) is 0. The van der Waals surface area contributed by atoms with Gasteiger partial charge in [-0.05, 0) is 38.3 Å². The summed E-state index contributed by atoms with van der Waals surface area (Å²) in [4.78, 5) is 26.4. The molecule has 110 valence electrons. The van der Waals surface area contributed by atoms with Crippen LogP contribution in [0.15, 0.2) is 17.2 Å². The third-order valence-corrected chi connectivity index (χ3v) is 3.17. The minimum absolute atomic E-state index is 0.205. The molecule has 0 radical (unpaired) electrons. The van der Waals surface area contributed by atoms with Crippen LogP contribution in [0.1, 0.15) is 19.3 Å². The molecule has 0 amide bonds. The Morgan fingerprint density at radius 2 is 2.25 bits per heavy atom. The molecule has 1 saturated carbocycles. The lowest BCUT2D eigenvalue weighted by Crippen LogP contribution is -2.28. The van der Waals surface area contributed by atoms with Crippen molar-refractivity contribution in [1.82, 2.24) is 14.9 Å². The number of carbonyl (C=O) groups is 1. The van der Waals surface area contributed by atoms with E-state index in [1.165, 1.54) is 25.2 Å². The molecule has 0 aliphatic heterocycles. The summed E-state index contributed by atoms with van der Waals surface area (Å²) in [5.41, 5.74) is -0.402. The summed E-state index contributed by atoms with van der Waals surface area (Å²) in [5, 5.41) is 15.0. The molecular formula is C13H20N4O3. The summed E-state index contributed by atoms with van der Waals surface area (Å²) < 4.78 is 1.13. The molecule has 7 nitrogen and oxygen atoms in total. The lowest BCUT2D eigenvalue weighted by molar-refractivity contribution is -0.137. The second kappa shape index (κ2) is 7.04. The number of aromatic nitrogens is 2. The topological polar surface area (TPSA) is 96.2 Å². The van der Waals surface area contributed by atoms with Crippen LogP contribution in [0.3, 0.4) is 0 Å². The van der Waals surface area contributed by atoms with Crippen LogP contribution in [0.25, 0.3) is 0 Å². The Bertz CT molecular complexity index is 511. The van der Waals surface area contributed by atoms with Crippen LogP contribution >= 0.6 is 0 Å². The molecule has 1 aromatic rings. The highest BCUT2D eigenvalue weighted by molar-refractivity contribution is 5.66. The van der Waals surface area contributed by atoms with Crippen LogP contribution in [-0.4, -0.2) is 40.3 Å². The second-order valence-electron chi connectivity index (χ2n) is 5.03. The maximum absolute atomic E-state index is 11.9. The molecule has 2 rings (SSSR count). The number of carboxylic acids is 1. The van der Waals surface area contributed by atoms with Crippen molar-refractivity contribution < 1.29 is 9.90 Å². The van der Waals surface area contributed by atoms with Gasteiger partial charge in [0.25, 0.3) is 5.56 Å². The molecule has 7 heteroatoms. The Morgan fingerprint density at radius 3 is 2.95 bits per heavy atom. The molecular weight excluding hydrogens is 260 g/mol. The summed E-state index contributed by atoms with van der Waals surface area (Å²) in [6.07, 6.45) is 6.36. The first-order valence-electron chi connectivity index (χ1n) is 6.88. The van der Waals surface area contributed by atoms with Crippen molar-refractivity contribution in [2.24, 2.45) is 5.92 Å². The van der Waals surface area contributed by atoms with Crippen molar-refractivity contribution in [3.63, 3.8) is 0 Å². The van der Waals surface area contributed by atoms with Gasteiger partial charge in [0.1, 0.15) is 6.54 Å². The number of rotatable bonds is 9. The molecule has 3 N–H and O–H groups in total. The van der Waals surface area contributed by atoms with Crippen molar-refractivity contribution in [2.75, 3.05) is 25.0 Å². The first-order chi connectivity index (χ1) is 9.66. The summed E-state index contributed by atoms with van der Waals surface area (Å²) >= 11 is 0. The van der Waals surface area contributed by atoms with Gasteiger partial charge in [-0.3, -0.25) is 14.2 Å². The van der Waals surface area contributed by atoms with Gasteiger partial charge in [0.2, 0.25) is 0 Å². The van der Waals surface area contributed by atoms with E-state index in [-0.39, 0.29) is 12.4 Å². The van der Waals surface area contributed by atoms with Crippen LogP contribution in [0, 0.1) is 5.92 Å². The minimum Gasteiger partial charge on any atom is -0.480 e. The van der Waals surface area contributed by atoms with E-state index >= 15 is 0 Å². The lowest BCUT2D eigenvalue weighted by Gasteiger charge is -2.08. The fraction of sp³-hybridized carbons (Fsp3) is 0.615. The predicted octanol–water partition coefficient (Wildman–Crippen LogP) is 0.129. The average molecular weight is 280 g/mol. The number of hydrogen-bond acceptors (Lipinski definition) is 5. The lowest BCUT2D eigenvalue weighted by atomic mass is 10.3. The van der Waals surface area contributed by atoms with Crippen LogP contribution in [-0.2, 0) is 11.3 Å². The van der Waals surface area contributed by atoms with E-state index in [0.717, 1.165) is 30.0 Å². The molecule has 0 aromatic carbocycles. The van der Waals surface area contributed by atoms with Crippen LogP contribution in [0.4, 0.5) is 5.82 Å². The van der Waals surface area contributed by atoms with Gasteiger partial charge in [0.15, 0.2) is 5.82 Å². The maximum atomic E-state index is 11.9. The zero-order chi connectivity index (χ0) is 14.4. The Labute approximate surface area is 117 Å². The molecule has 1 heterocycles. The number of nitrogens with one attached hydrogen (secondary N) is 2. The van der Waals surface area contributed by atoms with Crippen LogP contribution in [0.5, 0.6) is 0 Å². The SMILES string of the molecule is O=C(O)Cn1ccnc(NCCCNCC2CC2)c1=O. The van der Waals surface area contributed by atoms with Gasteiger partial charge in [-0.25, -0.2) is 4.98 Å². The number of carboxylic acid groups (broad SMARTS) is 1. The van der Waals surface area contributed by atoms with E-state index in [1.807, 2.05) is 0 Å². The Hall–Kier alpha value is -1.89. The van der Waals surface area contributed by atoms with E-state index in [4.69, 9.17) is 5.11 Å². The van der Waals surface area contributed by atoms with Gasteiger partial charge in [0.05, 0.1) is 0 Å². The Balaban J connectivity index is 1.73. The van der Waals surface area contributed by atoms with Crippen molar-refractivity contribution in [3.8, 4) is 0 Å². The number of hydrogen-bond donors (Lipinski definition) is 3. The quantitative estimate of drug-likeness (QED) is 0.556. The highest BCUT2D eigenvalue weighted by atomic mass is 16.4. The van der Waals surface area contributed by atoms with Crippen molar-refractivity contribution in [1.29, 1.82) is 0 Å². The summed E-state index contributed by atoms with van der Waals surface area (Å²) in [5.74, 6) is 0.0199. The van der Waals surface area contributed by atoms with Gasteiger partial charge in [-0.2, -0.15) is 0 Å². The monoisotopic (exact) mass is 280 g/mol. The van der Waals surface area contributed by atoms with Gasteiger partial charge in [-0.1, -0.05) is 0 Å². The minimum atomic E-state index is -1.05. The average Bonchev–Trinajstić information content (AvgIpc) is 3.21. The standard InChI is InChI=1S/C13H20N4O3/c18-11(19)9-17-7-6-16-12(13(17)20)15-5-1-4-14-8-10-2-3-10/h6-7,10,14H,1-5,8-9H2,(H,15,16)(H,18,19). The third-order valence-electron chi connectivity index (χ3n) is 3.17. The normalized spacial score (nSPS) is 14.2. The van der Waals surface area contributed by atoms with Crippen molar-refractivity contribution in [3.05, 3.63) is 22.7 Å². The van der Waals surface area contributed by atoms with E-state index in [1.54, 1.807) is 0 Å². The van der Waals surface area contributed by atoms with Crippen LogP contribution < -0.4 is 16.2 Å². The van der Waals surface area contributed by atoms with E-state index in [9.17, 15) is 9.59 Å². The van der Waals surface area contributed by atoms with E-state index in [2.05, 4.69) is 15.6 Å². The predicted molar refractivity (Wildman–Crippen MR) is 74.8 cm³/mol. The first-order valence-corrected chi connectivity index (χ1v) is 6.88. The number of aliphatic carboxylic acids is 1. The smallest absolute Gasteiger partial charge is 0.323 e. The molecule has 1 aliphatic carbocycles. The van der Waals surface area contributed by atoms with Crippen molar-refractivity contribution in [2.45, 2.75) is 25.8 Å². The Kier molecular flexibility index (Phi) is 5.11. The zero-order valence-corrected chi connectivity index (χ0v) is 11.3. The highest BCUT2D eigenvalue weighted by Crippen LogP contribution is 2.27. The van der Waals surface area contributed by atoms with Gasteiger partial charge in [-0.15, -0.1) is 0 Å². The van der Waals surface area contributed by atoms with Crippen molar-refractivity contribution >= 4 is 11.8 Å². The van der Waals surface area contributed by atoms with Gasteiger partial charge in [0, 0.05) is 18.9 Å². The number of anilines is 1. The molecule has 1 fully saturated rings. The molecule has 20 heavy (non-hydrogen) atoms. The van der Waals surface area contributed by atoms with Gasteiger partial charge < -0.3 is 15.7 Å². The van der Waals surface area contributed by atoms with E-state index in [0.29, 0.717) is 6.54 Å². The highest BCUT2D eigenvalue weighted by Gasteiger charge is 2.19. The molecule has 0 saturated heterocycles.